The van der Waals surface area contributed by atoms with E-state index in [9.17, 15) is 8.42 Å². The van der Waals surface area contributed by atoms with Crippen LogP contribution in [0.3, 0.4) is 0 Å². The highest BCUT2D eigenvalue weighted by molar-refractivity contribution is 7.89. The number of halogens is 1. The van der Waals surface area contributed by atoms with Crippen molar-refractivity contribution in [2.24, 2.45) is 0 Å². The molecule has 0 amide bonds. The Morgan fingerprint density at radius 1 is 1.06 bits per heavy atom. The molecule has 1 aliphatic rings. The minimum atomic E-state index is -3.55. The highest BCUT2D eigenvalue weighted by Gasteiger charge is 2.32. The molecular weight excluding hydrogens is 474 g/mol. The molecule has 34 heavy (non-hydrogen) atoms. The molecule has 1 fully saturated rings. The first kappa shape index (κ1) is 22.8. The zero-order valence-corrected chi connectivity index (χ0v) is 20.2. The second-order valence-corrected chi connectivity index (χ2v) is 10.6. The maximum atomic E-state index is 12.9. The molecule has 3 heterocycles. The molecule has 2 aromatic carbocycles. The van der Waals surface area contributed by atoms with E-state index in [-0.39, 0.29) is 10.8 Å². The minimum Gasteiger partial charge on any atom is -0.339 e. The average Bonchev–Trinajstić information content (AvgIpc) is 3.55. The number of hydrogen-bond acceptors (Lipinski definition) is 6. The van der Waals surface area contributed by atoms with Crippen molar-refractivity contribution in [3.05, 3.63) is 71.7 Å². The van der Waals surface area contributed by atoms with Crippen molar-refractivity contribution in [2.45, 2.75) is 37.1 Å². The van der Waals surface area contributed by atoms with Crippen LogP contribution in [0, 0.1) is 0 Å². The number of piperidine rings is 1. The van der Waals surface area contributed by atoms with E-state index in [1.165, 1.54) is 16.4 Å². The zero-order valence-electron chi connectivity index (χ0n) is 18.6. The predicted molar refractivity (Wildman–Crippen MR) is 129 cm³/mol. The summed E-state index contributed by atoms with van der Waals surface area (Å²) in [5, 5.41) is 9.04. The van der Waals surface area contributed by atoms with Gasteiger partial charge in [0.15, 0.2) is 0 Å². The van der Waals surface area contributed by atoms with Crippen molar-refractivity contribution < 1.29 is 12.9 Å². The van der Waals surface area contributed by atoms with E-state index in [4.69, 9.17) is 16.1 Å². The van der Waals surface area contributed by atoms with Gasteiger partial charge in [-0.3, -0.25) is 4.68 Å². The van der Waals surface area contributed by atoms with Gasteiger partial charge in [-0.2, -0.15) is 14.4 Å². The first-order valence-electron chi connectivity index (χ1n) is 11.2. The summed E-state index contributed by atoms with van der Waals surface area (Å²) in [5.74, 6) is 1.08. The number of benzene rings is 2. The van der Waals surface area contributed by atoms with Gasteiger partial charge >= 0.3 is 0 Å². The Hall–Kier alpha value is -3.01. The van der Waals surface area contributed by atoms with Crippen LogP contribution in [0.4, 0.5) is 0 Å². The molecule has 0 saturated carbocycles. The second-order valence-electron chi connectivity index (χ2n) is 8.20. The van der Waals surface area contributed by atoms with Gasteiger partial charge in [0.1, 0.15) is 0 Å². The van der Waals surface area contributed by atoms with E-state index >= 15 is 0 Å². The van der Waals surface area contributed by atoms with E-state index in [1.54, 1.807) is 18.3 Å². The summed E-state index contributed by atoms with van der Waals surface area (Å²) >= 11 is 5.89. The fraction of sp³-hybridized carbons (Fsp3) is 0.292. The molecule has 0 N–H and O–H groups in total. The molecule has 0 bridgehead atoms. The first-order valence-corrected chi connectivity index (χ1v) is 13.0. The van der Waals surface area contributed by atoms with Crippen LogP contribution in [0.1, 0.15) is 31.6 Å². The lowest BCUT2D eigenvalue weighted by Gasteiger charge is -2.29. The van der Waals surface area contributed by atoms with E-state index in [1.807, 2.05) is 35.0 Å². The zero-order chi connectivity index (χ0) is 23.7. The van der Waals surface area contributed by atoms with E-state index in [0.29, 0.717) is 42.7 Å². The van der Waals surface area contributed by atoms with Crippen LogP contribution >= 0.6 is 11.6 Å². The lowest BCUT2D eigenvalue weighted by Crippen LogP contribution is -2.37. The molecule has 0 atom stereocenters. The molecule has 8 nitrogen and oxygen atoms in total. The Balaban J connectivity index is 1.29. The standard InChI is InChI=1S/C24H24ClN5O3S/c1-2-30-22(10-13-26-30)18-4-3-5-19(16-18)23-27-24(33-28-23)17-11-14-29(15-12-17)34(31,32)21-8-6-20(25)7-9-21/h3-10,13,16-17H,2,11-12,14-15H2,1H3. The molecule has 4 aromatic rings. The molecule has 0 radical (unpaired) electrons. The Kier molecular flexibility index (Phi) is 6.24. The number of hydrogen-bond donors (Lipinski definition) is 0. The van der Waals surface area contributed by atoms with Crippen LogP contribution in [-0.2, 0) is 16.6 Å². The third-order valence-electron chi connectivity index (χ3n) is 6.13. The van der Waals surface area contributed by atoms with Gasteiger partial charge in [0, 0.05) is 47.9 Å². The first-order chi connectivity index (χ1) is 16.5. The van der Waals surface area contributed by atoms with Crippen molar-refractivity contribution >= 4 is 21.6 Å². The lowest BCUT2D eigenvalue weighted by molar-refractivity contribution is 0.271. The fourth-order valence-electron chi connectivity index (χ4n) is 4.26. The smallest absolute Gasteiger partial charge is 0.243 e. The summed E-state index contributed by atoms with van der Waals surface area (Å²) in [7, 11) is -3.55. The van der Waals surface area contributed by atoms with Crippen LogP contribution < -0.4 is 0 Å². The molecule has 0 spiro atoms. The normalized spacial score (nSPS) is 15.6. The van der Waals surface area contributed by atoms with Crippen LogP contribution in [0.5, 0.6) is 0 Å². The van der Waals surface area contributed by atoms with Gasteiger partial charge in [0.2, 0.25) is 21.7 Å². The molecule has 2 aromatic heterocycles. The fourth-order valence-corrected chi connectivity index (χ4v) is 5.86. The summed E-state index contributed by atoms with van der Waals surface area (Å²) in [6, 6.07) is 16.2. The molecule has 10 heteroatoms. The van der Waals surface area contributed by atoms with Gasteiger partial charge in [0.05, 0.1) is 10.6 Å². The maximum Gasteiger partial charge on any atom is 0.243 e. The summed E-state index contributed by atoms with van der Waals surface area (Å²) in [6.07, 6.45) is 3.02. The van der Waals surface area contributed by atoms with E-state index < -0.39 is 10.0 Å². The van der Waals surface area contributed by atoms with Crippen LogP contribution in [0.25, 0.3) is 22.6 Å². The summed E-state index contributed by atoms with van der Waals surface area (Å²) < 4.78 is 34.9. The Morgan fingerprint density at radius 2 is 1.79 bits per heavy atom. The molecule has 0 aliphatic carbocycles. The topological polar surface area (TPSA) is 94.1 Å². The third kappa shape index (κ3) is 4.38. The number of sulfonamides is 1. The minimum absolute atomic E-state index is 0.0163. The van der Waals surface area contributed by atoms with E-state index in [2.05, 4.69) is 22.2 Å². The van der Waals surface area contributed by atoms with Crippen LogP contribution in [0.15, 0.2) is 70.2 Å². The highest BCUT2D eigenvalue weighted by atomic mass is 35.5. The summed E-state index contributed by atoms with van der Waals surface area (Å²) in [5.41, 5.74) is 2.92. The van der Waals surface area contributed by atoms with Gasteiger partial charge in [0.25, 0.3) is 0 Å². The number of aromatic nitrogens is 4. The highest BCUT2D eigenvalue weighted by Crippen LogP contribution is 2.32. The molecule has 176 valence electrons. The van der Waals surface area contributed by atoms with Crippen molar-refractivity contribution in [1.82, 2.24) is 24.2 Å². The van der Waals surface area contributed by atoms with Crippen molar-refractivity contribution in [1.29, 1.82) is 0 Å². The van der Waals surface area contributed by atoms with Gasteiger partial charge in [-0.25, -0.2) is 8.42 Å². The maximum absolute atomic E-state index is 12.9. The SMILES string of the molecule is CCn1nccc1-c1cccc(-c2noc(C3CCN(S(=O)(=O)c4ccc(Cl)cc4)CC3)n2)c1. The quantitative estimate of drug-likeness (QED) is 0.378. The van der Waals surface area contributed by atoms with Gasteiger partial charge in [-0.05, 0) is 56.2 Å². The molecule has 1 aliphatic heterocycles. The van der Waals surface area contributed by atoms with Crippen molar-refractivity contribution in [3.8, 4) is 22.6 Å². The predicted octanol–water partition coefficient (Wildman–Crippen LogP) is 4.84. The number of aryl methyl sites for hydroxylation is 1. The van der Waals surface area contributed by atoms with Crippen molar-refractivity contribution in [3.63, 3.8) is 0 Å². The molecule has 5 rings (SSSR count). The monoisotopic (exact) mass is 497 g/mol. The van der Waals surface area contributed by atoms with Gasteiger partial charge < -0.3 is 4.52 Å². The Bertz CT molecular complexity index is 1390. The lowest BCUT2D eigenvalue weighted by atomic mass is 9.98. The molecule has 1 saturated heterocycles. The van der Waals surface area contributed by atoms with Crippen LogP contribution in [-0.4, -0.2) is 45.7 Å². The summed E-state index contributed by atoms with van der Waals surface area (Å²) in [4.78, 5) is 4.89. The van der Waals surface area contributed by atoms with Gasteiger partial charge in [-0.15, -0.1) is 0 Å². The van der Waals surface area contributed by atoms with E-state index in [0.717, 1.165) is 23.4 Å². The largest absolute Gasteiger partial charge is 0.339 e. The number of rotatable bonds is 6. The average molecular weight is 498 g/mol. The Labute approximate surface area is 203 Å². The number of nitrogens with zero attached hydrogens (tertiary/aromatic N) is 5. The Morgan fingerprint density at radius 3 is 2.53 bits per heavy atom. The van der Waals surface area contributed by atoms with Gasteiger partial charge in [-0.1, -0.05) is 35.0 Å². The van der Waals surface area contributed by atoms with Crippen LogP contribution in [0.2, 0.25) is 5.02 Å². The third-order valence-corrected chi connectivity index (χ3v) is 8.29. The second kappa shape index (κ2) is 9.32. The van der Waals surface area contributed by atoms with Crippen molar-refractivity contribution in [2.75, 3.05) is 13.1 Å². The summed E-state index contributed by atoms with van der Waals surface area (Å²) in [6.45, 7) is 3.62. The molecule has 0 unspecified atom stereocenters. The molecular formula is C24H24ClN5O3S.